The van der Waals surface area contributed by atoms with Crippen LogP contribution in [0.1, 0.15) is 50.1 Å². The van der Waals surface area contributed by atoms with Crippen molar-refractivity contribution in [2.45, 2.75) is 32.6 Å². The number of thiophene rings is 1. The van der Waals surface area contributed by atoms with Crippen molar-refractivity contribution in [1.82, 2.24) is 19.8 Å². The molecule has 0 radical (unpaired) electrons. The lowest BCUT2D eigenvalue weighted by molar-refractivity contribution is 0.0766. The molecular formula is C19H24N4O2S. The maximum atomic E-state index is 12.7. The van der Waals surface area contributed by atoms with E-state index in [2.05, 4.69) is 10.3 Å². The first-order chi connectivity index (χ1) is 12.5. The second-order valence-corrected chi connectivity index (χ2v) is 8.23. The number of hydrogen-bond donors (Lipinski definition) is 1. The summed E-state index contributed by atoms with van der Waals surface area (Å²) in [6.07, 6.45) is 3.84. The van der Waals surface area contributed by atoms with Gasteiger partial charge < -0.3 is 14.8 Å². The number of hydrogen-bond acceptors (Lipinski definition) is 4. The van der Waals surface area contributed by atoms with Gasteiger partial charge >= 0.3 is 0 Å². The molecule has 6 nitrogen and oxygen atoms in total. The third-order valence-electron chi connectivity index (χ3n) is 5.21. The van der Waals surface area contributed by atoms with E-state index in [9.17, 15) is 9.59 Å². The standard InChI is InChI=1S/C19H24N4O2S/c1-12-9-16(26-11-12)19(25)23-7-5-14-15(6-8-23)22(2)17(21-14)18(24)20-10-13-3-4-13/h9,11,13H,3-8,10H2,1-2H3,(H,20,24). The van der Waals surface area contributed by atoms with Gasteiger partial charge in [0.05, 0.1) is 10.6 Å². The fourth-order valence-corrected chi connectivity index (χ4v) is 4.30. The molecule has 0 bridgehead atoms. The molecule has 0 unspecified atom stereocenters. The molecule has 1 N–H and O–H groups in total. The number of aryl methyl sites for hydroxylation is 1. The highest BCUT2D eigenvalue weighted by molar-refractivity contribution is 7.12. The predicted octanol–water partition coefficient (Wildman–Crippen LogP) is 2.17. The summed E-state index contributed by atoms with van der Waals surface area (Å²) in [7, 11) is 1.90. The van der Waals surface area contributed by atoms with Crippen molar-refractivity contribution < 1.29 is 9.59 Å². The minimum Gasteiger partial charge on any atom is -0.349 e. The van der Waals surface area contributed by atoms with Gasteiger partial charge in [-0.1, -0.05) is 0 Å². The molecule has 0 spiro atoms. The third kappa shape index (κ3) is 3.40. The zero-order chi connectivity index (χ0) is 18.3. The molecule has 0 atom stereocenters. The smallest absolute Gasteiger partial charge is 0.287 e. The second-order valence-electron chi connectivity index (χ2n) is 7.32. The number of nitrogens with one attached hydrogen (secondary N) is 1. The van der Waals surface area contributed by atoms with Crippen molar-refractivity contribution in [2.75, 3.05) is 19.6 Å². The van der Waals surface area contributed by atoms with Gasteiger partial charge in [0.1, 0.15) is 0 Å². The zero-order valence-electron chi connectivity index (χ0n) is 15.2. The van der Waals surface area contributed by atoms with Gasteiger partial charge in [-0.15, -0.1) is 11.3 Å². The van der Waals surface area contributed by atoms with Crippen LogP contribution in [0, 0.1) is 12.8 Å². The van der Waals surface area contributed by atoms with Crippen molar-refractivity contribution >= 4 is 23.2 Å². The summed E-state index contributed by atoms with van der Waals surface area (Å²) in [5, 5.41) is 5.00. The predicted molar refractivity (Wildman–Crippen MR) is 101 cm³/mol. The Morgan fingerprint density at radius 1 is 1.31 bits per heavy atom. The minimum atomic E-state index is -0.0885. The van der Waals surface area contributed by atoms with Gasteiger partial charge in [-0.3, -0.25) is 9.59 Å². The Morgan fingerprint density at radius 3 is 2.77 bits per heavy atom. The van der Waals surface area contributed by atoms with Crippen molar-refractivity contribution in [1.29, 1.82) is 0 Å². The second kappa shape index (κ2) is 6.87. The Kier molecular flexibility index (Phi) is 4.56. The van der Waals surface area contributed by atoms with Gasteiger partial charge in [-0.2, -0.15) is 0 Å². The maximum Gasteiger partial charge on any atom is 0.287 e. The van der Waals surface area contributed by atoms with E-state index in [0.717, 1.165) is 34.8 Å². The van der Waals surface area contributed by atoms with Gasteiger partial charge in [-0.05, 0) is 42.7 Å². The van der Waals surface area contributed by atoms with Gasteiger partial charge in [0.25, 0.3) is 11.8 Å². The summed E-state index contributed by atoms with van der Waals surface area (Å²) >= 11 is 1.50. The number of imidazole rings is 1. The first kappa shape index (κ1) is 17.3. The van der Waals surface area contributed by atoms with E-state index in [-0.39, 0.29) is 11.8 Å². The zero-order valence-corrected chi connectivity index (χ0v) is 16.1. The topological polar surface area (TPSA) is 67.2 Å². The highest BCUT2D eigenvalue weighted by atomic mass is 32.1. The highest BCUT2D eigenvalue weighted by Crippen LogP contribution is 2.27. The molecule has 1 aliphatic carbocycles. The molecule has 7 heteroatoms. The van der Waals surface area contributed by atoms with Crippen molar-refractivity contribution in [3.8, 4) is 0 Å². The SMILES string of the molecule is Cc1csc(C(=O)N2CCc3nc(C(=O)NCC4CC4)n(C)c3CC2)c1. The monoisotopic (exact) mass is 372 g/mol. The largest absolute Gasteiger partial charge is 0.349 e. The highest BCUT2D eigenvalue weighted by Gasteiger charge is 2.27. The molecule has 138 valence electrons. The molecule has 3 heterocycles. The average Bonchev–Trinajstić information content (AvgIpc) is 3.33. The molecule has 1 saturated carbocycles. The molecular weight excluding hydrogens is 348 g/mol. The number of carbonyl (C=O) groups excluding carboxylic acids is 2. The van der Waals surface area contributed by atoms with Crippen LogP contribution in [-0.2, 0) is 19.9 Å². The Labute approximate surface area is 157 Å². The summed E-state index contributed by atoms with van der Waals surface area (Å²) in [4.78, 5) is 32.4. The van der Waals surface area contributed by atoms with E-state index >= 15 is 0 Å². The lowest BCUT2D eigenvalue weighted by atomic mass is 10.2. The number of aromatic nitrogens is 2. The molecule has 26 heavy (non-hydrogen) atoms. The first-order valence-electron chi connectivity index (χ1n) is 9.20. The summed E-state index contributed by atoms with van der Waals surface area (Å²) in [5.74, 6) is 1.15. The molecule has 2 aliphatic rings. The summed E-state index contributed by atoms with van der Waals surface area (Å²) < 4.78 is 1.90. The Balaban J connectivity index is 1.45. The quantitative estimate of drug-likeness (QED) is 0.894. The minimum absolute atomic E-state index is 0.0885. The molecule has 0 aromatic carbocycles. The van der Waals surface area contributed by atoms with Crippen LogP contribution in [0.3, 0.4) is 0 Å². The van der Waals surface area contributed by atoms with Gasteiger partial charge in [0.15, 0.2) is 5.82 Å². The molecule has 0 saturated heterocycles. The van der Waals surface area contributed by atoms with E-state index in [1.54, 1.807) is 0 Å². The Hall–Kier alpha value is -2.15. The van der Waals surface area contributed by atoms with E-state index in [1.807, 2.05) is 34.9 Å². The Bertz CT molecular complexity index is 850. The van der Waals surface area contributed by atoms with Gasteiger partial charge in [0, 0.05) is 45.2 Å². The summed E-state index contributed by atoms with van der Waals surface area (Å²) in [6.45, 7) is 4.05. The van der Waals surface area contributed by atoms with E-state index < -0.39 is 0 Å². The van der Waals surface area contributed by atoms with E-state index in [4.69, 9.17) is 0 Å². The van der Waals surface area contributed by atoms with Crippen molar-refractivity contribution in [3.05, 3.63) is 39.1 Å². The van der Waals surface area contributed by atoms with Crippen LogP contribution < -0.4 is 5.32 Å². The van der Waals surface area contributed by atoms with Crippen LogP contribution in [0.2, 0.25) is 0 Å². The van der Waals surface area contributed by atoms with E-state index in [1.165, 1.54) is 24.2 Å². The van der Waals surface area contributed by atoms with Crippen LogP contribution >= 0.6 is 11.3 Å². The van der Waals surface area contributed by atoms with Crippen LogP contribution in [0.15, 0.2) is 11.4 Å². The maximum absolute atomic E-state index is 12.7. The van der Waals surface area contributed by atoms with Gasteiger partial charge in [0.2, 0.25) is 0 Å². The number of nitrogens with zero attached hydrogens (tertiary/aromatic N) is 3. The number of rotatable bonds is 4. The van der Waals surface area contributed by atoms with Crippen LogP contribution in [-0.4, -0.2) is 45.9 Å². The lowest BCUT2D eigenvalue weighted by Crippen LogP contribution is -2.33. The molecule has 1 aliphatic heterocycles. The Morgan fingerprint density at radius 2 is 2.08 bits per heavy atom. The van der Waals surface area contributed by atoms with Crippen molar-refractivity contribution in [2.24, 2.45) is 13.0 Å². The third-order valence-corrected chi connectivity index (χ3v) is 6.25. The summed E-state index contributed by atoms with van der Waals surface area (Å²) in [5.41, 5.74) is 3.14. The number of fused-ring (bicyclic) bond motifs is 1. The van der Waals surface area contributed by atoms with E-state index in [0.29, 0.717) is 31.3 Å². The molecule has 1 fully saturated rings. The van der Waals surface area contributed by atoms with Crippen molar-refractivity contribution in [3.63, 3.8) is 0 Å². The first-order valence-corrected chi connectivity index (χ1v) is 10.1. The molecule has 2 aromatic heterocycles. The number of carbonyl (C=O) groups is 2. The summed E-state index contributed by atoms with van der Waals surface area (Å²) in [6, 6.07) is 1.95. The fourth-order valence-electron chi connectivity index (χ4n) is 3.44. The molecule has 2 amide bonds. The lowest BCUT2D eigenvalue weighted by Gasteiger charge is -2.19. The normalized spacial score (nSPS) is 16.9. The average molecular weight is 372 g/mol. The number of amides is 2. The van der Waals surface area contributed by atoms with Crippen LogP contribution in [0.25, 0.3) is 0 Å². The van der Waals surface area contributed by atoms with Gasteiger partial charge in [-0.25, -0.2) is 4.98 Å². The van der Waals surface area contributed by atoms with Crippen LogP contribution in [0.4, 0.5) is 0 Å². The molecule has 2 aromatic rings. The fraction of sp³-hybridized carbons (Fsp3) is 0.526. The van der Waals surface area contributed by atoms with Crippen LogP contribution in [0.5, 0.6) is 0 Å². The molecule has 4 rings (SSSR count).